The summed E-state index contributed by atoms with van der Waals surface area (Å²) in [5, 5.41) is 0. The quantitative estimate of drug-likeness (QED) is 0.788. The van der Waals surface area contributed by atoms with Gasteiger partial charge in [0, 0.05) is 18.2 Å². The first-order valence-corrected chi connectivity index (χ1v) is 7.09. The Bertz CT molecular complexity index is 711. The average molecular weight is 265 g/mol. The fourth-order valence-corrected chi connectivity index (χ4v) is 2.55. The van der Waals surface area contributed by atoms with Gasteiger partial charge in [0.1, 0.15) is 5.65 Å². The van der Waals surface area contributed by atoms with Crippen molar-refractivity contribution in [2.75, 3.05) is 6.54 Å². The SMILES string of the molecule is CCc1ccc(-c2nc3ccccn3c2CCN)cc1. The van der Waals surface area contributed by atoms with E-state index >= 15 is 0 Å². The monoisotopic (exact) mass is 265 g/mol. The molecule has 0 radical (unpaired) electrons. The normalized spacial score (nSPS) is 11.1. The van der Waals surface area contributed by atoms with Gasteiger partial charge in [0.05, 0.1) is 11.4 Å². The highest BCUT2D eigenvalue weighted by molar-refractivity contribution is 5.67. The van der Waals surface area contributed by atoms with Crippen molar-refractivity contribution < 1.29 is 0 Å². The van der Waals surface area contributed by atoms with E-state index in [2.05, 4.69) is 41.8 Å². The maximum Gasteiger partial charge on any atom is 0.137 e. The van der Waals surface area contributed by atoms with Crippen LogP contribution in [0, 0.1) is 0 Å². The van der Waals surface area contributed by atoms with E-state index in [9.17, 15) is 0 Å². The Morgan fingerprint density at radius 3 is 2.60 bits per heavy atom. The van der Waals surface area contributed by atoms with Crippen molar-refractivity contribution in [3.8, 4) is 11.3 Å². The van der Waals surface area contributed by atoms with Crippen LogP contribution in [0.2, 0.25) is 0 Å². The lowest BCUT2D eigenvalue weighted by Crippen LogP contribution is -2.06. The molecule has 3 rings (SSSR count). The maximum absolute atomic E-state index is 5.76. The van der Waals surface area contributed by atoms with Gasteiger partial charge in [-0.15, -0.1) is 0 Å². The number of hydrogen-bond donors (Lipinski definition) is 1. The van der Waals surface area contributed by atoms with Crippen LogP contribution in [-0.4, -0.2) is 15.9 Å². The number of nitrogens with zero attached hydrogens (tertiary/aromatic N) is 2. The second-order valence-electron chi connectivity index (χ2n) is 4.93. The molecule has 102 valence electrons. The highest BCUT2D eigenvalue weighted by Crippen LogP contribution is 2.25. The van der Waals surface area contributed by atoms with Crippen molar-refractivity contribution in [2.45, 2.75) is 19.8 Å². The predicted octanol–water partition coefficient (Wildman–Crippen LogP) is 3.06. The minimum absolute atomic E-state index is 0.628. The van der Waals surface area contributed by atoms with E-state index in [4.69, 9.17) is 10.7 Å². The van der Waals surface area contributed by atoms with Gasteiger partial charge in [-0.1, -0.05) is 37.3 Å². The molecule has 2 N–H and O–H groups in total. The highest BCUT2D eigenvalue weighted by Gasteiger charge is 2.12. The van der Waals surface area contributed by atoms with Gasteiger partial charge >= 0.3 is 0 Å². The van der Waals surface area contributed by atoms with Crippen LogP contribution >= 0.6 is 0 Å². The van der Waals surface area contributed by atoms with Gasteiger partial charge in [0.25, 0.3) is 0 Å². The summed E-state index contributed by atoms with van der Waals surface area (Å²) in [4.78, 5) is 4.76. The summed E-state index contributed by atoms with van der Waals surface area (Å²) in [5.41, 5.74) is 11.5. The largest absolute Gasteiger partial charge is 0.330 e. The predicted molar refractivity (Wildman–Crippen MR) is 82.8 cm³/mol. The van der Waals surface area contributed by atoms with Gasteiger partial charge in [-0.05, 0) is 30.7 Å². The Hall–Kier alpha value is -2.13. The molecule has 0 aliphatic heterocycles. The lowest BCUT2D eigenvalue weighted by molar-refractivity contribution is 0.907. The standard InChI is InChI=1S/C17H19N3/c1-2-13-6-8-14(9-7-13)17-15(10-11-18)20-12-4-3-5-16(20)19-17/h3-9,12H,2,10-11,18H2,1H3. The molecule has 3 heteroatoms. The number of aromatic nitrogens is 2. The summed E-state index contributed by atoms with van der Waals surface area (Å²) in [6.45, 7) is 2.79. The van der Waals surface area contributed by atoms with Gasteiger partial charge < -0.3 is 10.1 Å². The van der Waals surface area contributed by atoms with Gasteiger partial charge in [0.15, 0.2) is 0 Å². The number of hydrogen-bond acceptors (Lipinski definition) is 2. The Kier molecular flexibility index (Phi) is 3.52. The van der Waals surface area contributed by atoms with E-state index in [1.807, 2.05) is 18.2 Å². The van der Waals surface area contributed by atoms with E-state index in [0.717, 1.165) is 29.7 Å². The third kappa shape index (κ3) is 2.21. The molecule has 0 atom stereocenters. The van der Waals surface area contributed by atoms with Crippen LogP contribution in [0.25, 0.3) is 16.9 Å². The molecule has 20 heavy (non-hydrogen) atoms. The molecule has 2 heterocycles. The number of rotatable bonds is 4. The van der Waals surface area contributed by atoms with Crippen molar-refractivity contribution in [1.29, 1.82) is 0 Å². The second-order valence-corrected chi connectivity index (χ2v) is 4.93. The molecule has 0 saturated carbocycles. The van der Waals surface area contributed by atoms with E-state index in [1.54, 1.807) is 0 Å². The number of benzene rings is 1. The molecular formula is C17H19N3. The Morgan fingerprint density at radius 1 is 1.10 bits per heavy atom. The molecule has 3 nitrogen and oxygen atoms in total. The van der Waals surface area contributed by atoms with Gasteiger partial charge in [-0.2, -0.15) is 0 Å². The summed E-state index contributed by atoms with van der Waals surface area (Å²) < 4.78 is 2.13. The number of aryl methyl sites for hydroxylation is 1. The van der Waals surface area contributed by atoms with Crippen LogP contribution in [0.1, 0.15) is 18.2 Å². The smallest absolute Gasteiger partial charge is 0.137 e. The van der Waals surface area contributed by atoms with Crippen molar-refractivity contribution in [2.24, 2.45) is 5.73 Å². The van der Waals surface area contributed by atoms with Crippen LogP contribution in [0.5, 0.6) is 0 Å². The van der Waals surface area contributed by atoms with Crippen molar-refractivity contribution in [3.63, 3.8) is 0 Å². The van der Waals surface area contributed by atoms with Crippen molar-refractivity contribution >= 4 is 5.65 Å². The summed E-state index contributed by atoms with van der Waals surface area (Å²) in [6.07, 6.45) is 3.94. The minimum atomic E-state index is 0.628. The summed E-state index contributed by atoms with van der Waals surface area (Å²) >= 11 is 0. The molecule has 3 aromatic rings. The third-order valence-corrected chi connectivity index (χ3v) is 3.65. The third-order valence-electron chi connectivity index (χ3n) is 3.65. The molecule has 0 aliphatic carbocycles. The number of pyridine rings is 1. The van der Waals surface area contributed by atoms with E-state index in [0.29, 0.717) is 6.54 Å². The molecule has 0 spiro atoms. The molecule has 0 bridgehead atoms. The topological polar surface area (TPSA) is 43.3 Å². The van der Waals surface area contributed by atoms with Crippen LogP contribution in [0.3, 0.4) is 0 Å². The van der Waals surface area contributed by atoms with E-state index in [1.165, 1.54) is 11.3 Å². The number of imidazole rings is 1. The number of fused-ring (bicyclic) bond motifs is 1. The second kappa shape index (κ2) is 5.47. The van der Waals surface area contributed by atoms with Crippen molar-refractivity contribution in [3.05, 3.63) is 59.9 Å². The van der Waals surface area contributed by atoms with E-state index < -0.39 is 0 Å². The summed E-state index contributed by atoms with van der Waals surface area (Å²) in [7, 11) is 0. The first-order chi connectivity index (χ1) is 9.83. The van der Waals surface area contributed by atoms with Gasteiger partial charge in [-0.3, -0.25) is 0 Å². The molecule has 0 amide bonds. The molecule has 0 unspecified atom stereocenters. The average Bonchev–Trinajstić information content (AvgIpc) is 2.87. The van der Waals surface area contributed by atoms with Gasteiger partial charge in [-0.25, -0.2) is 4.98 Å². The Balaban J connectivity index is 2.15. The molecule has 1 aromatic carbocycles. The molecular weight excluding hydrogens is 246 g/mol. The lowest BCUT2D eigenvalue weighted by atomic mass is 10.1. The van der Waals surface area contributed by atoms with Crippen LogP contribution in [-0.2, 0) is 12.8 Å². The zero-order valence-corrected chi connectivity index (χ0v) is 11.7. The van der Waals surface area contributed by atoms with Crippen molar-refractivity contribution in [1.82, 2.24) is 9.38 Å². The maximum atomic E-state index is 5.76. The first kappa shape index (κ1) is 12.9. The summed E-state index contributed by atoms with van der Waals surface area (Å²) in [5.74, 6) is 0. The van der Waals surface area contributed by atoms with Crippen LogP contribution in [0.15, 0.2) is 48.7 Å². The van der Waals surface area contributed by atoms with E-state index in [-0.39, 0.29) is 0 Å². The molecule has 2 aromatic heterocycles. The lowest BCUT2D eigenvalue weighted by Gasteiger charge is -2.04. The zero-order chi connectivity index (χ0) is 13.9. The Morgan fingerprint density at radius 2 is 1.90 bits per heavy atom. The molecule has 0 aliphatic rings. The van der Waals surface area contributed by atoms with Crippen LogP contribution < -0.4 is 5.73 Å². The molecule has 0 fully saturated rings. The zero-order valence-electron chi connectivity index (χ0n) is 11.7. The highest BCUT2D eigenvalue weighted by atomic mass is 15.0. The number of nitrogens with two attached hydrogens (primary N) is 1. The Labute approximate surface area is 119 Å². The van der Waals surface area contributed by atoms with Gasteiger partial charge in [0.2, 0.25) is 0 Å². The fraction of sp³-hybridized carbons (Fsp3) is 0.235. The van der Waals surface area contributed by atoms with Crippen LogP contribution in [0.4, 0.5) is 0 Å². The first-order valence-electron chi connectivity index (χ1n) is 7.09. The fourth-order valence-electron chi connectivity index (χ4n) is 2.55. The summed E-state index contributed by atoms with van der Waals surface area (Å²) in [6, 6.07) is 14.7. The molecule has 0 saturated heterocycles. The minimum Gasteiger partial charge on any atom is -0.330 e.